The fourth-order valence-corrected chi connectivity index (χ4v) is 2.12. The Bertz CT molecular complexity index is 561. The molecule has 0 atom stereocenters. The molecule has 0 spiro atoms. The highest BCUT2D eigenvalue weighted by Gasteiger charge is 2.13. The average molecular weight is 286 g/mol. The molecular formula is C17H26N4. The van der Waals surface area contributed by atoms with Crippen molar-refractivity contribution < 1.29 is 0 Å². The van der Waals surface area contributed by atoms with Gasteiger partial charge in [0.25, 0.3) is 0 Å². The molecule has 0 aliphatic rings. The lowest BCUT2D eigenvalue weighted by Gasteiger charge is -2.18. The van der Waals surface area contributed by atoms with Gasteiger partial charge < -0.3 is 10.2 Å². The Kier molecular flexibility index (Phi) is 4.68. The molecule has 4 heteroatoms. The number of hydrogen-bond acceptors (Lipinski definition) is 3. The van der Waals surface area contributed by atoms with Crippen LogP contribution >= 0.6 is 0 Å². The maximum atomic E-state index is 4.42. The first-order chi connectivity index (χ1) is 9.84. The molecule has 114 valence electrons. The van der Waals surface area contributed by atoms with Crippen LogP contribution in [0.3, 0.4) is 0 Å². The number of aromatic nitrogens is 2. The van der Waals surface area contributed by atoms with Crippen LogP contribution in [0.1, 0.15) is 31.9 Å². The van der Waals surface area contributed by atoms with Crippen molar-refractivity contribution in [1.82, 2.24) is 14.7 Å². The second-order valence-corrected chi connectivity index (χ2v) is 6.75. The van der Waals surface area contributed by atoms with Gasteiger partial charge in [-0.15, -0.1) is 0 Å². The van der Waals surface area contributed by atoms with Crippen LogP contribution in [0.5, 0.6) is 0 Å². The monoisotopic (exact) mass is 286 g/mol. The van der Waals surface area contributed by atoms with Gasteiger partial charge in [-0.1, -0.05) is 12.1 Å². The third kappa shape index (κ3) is 4.60. The smallest absolute Gasteiger partial charge is 0.0543 e. The van der Waals surface area contributed by atoms with Crippen molar-refractivity contribution in [2.45, 2.75) is 39.4 Å². The third-order valence-corrected chi connectivity index (χ3v) is 3.27. The summed E-state index contributed by atoms with van der Waals surface area (Å²) in [6, 6.07) is 8.60. The molecule has 0 aliphatic carbocycles. The van der Waals surface area contributed by atoms with Crippen molar-refractivity contribution in [3.63, 3.8) is 0 Å². The summed E-state index contributed by atoms with van der Waals surface area (Å²) in [6.45, 7) is 8.23. The lowest BCUT2D eigenvalue weighted by atomic mass is 10.1. The fourth-order valence-electron chi connectivity index (χ4n) is 2.12. The Morgan fingerprint density at radius 2 is 1.76 bits per heavy atom. The Balaban J connectivity index is 1.92. The standard InChI is InChI=1S/C17H26N4/c1-17(2,3)21-13-15(11-19-21)10-18-16-8-6-14(7-9-16)12-20(4)5/h6-9,11,13,18H,10,12H2,1-5H3. The van der Waals surface area contributed by atoms with Crippen LogP contribution in [-0.4, -0.2) is 28.8 Å². The SMILES string of the molecule is CN(C)Cc1ccc(NCc2cnn(C(C)(C)C)c2)cc1. The lowest BCUT2D eigenvalue weighted by molar-refractivity contribution is 0.355. The van der Waals surface area contributed by atoms with Crippen molar-refractivity contribution in [2.24, 2.45) is 0 Å². The molecule has 2 aromatic rings. The van der Waals surface area contributed by atoms with Crippen LogP contribution in [-0.2, 0) is 18.6 Å². The highest BCUT2D eigenvalue weighted by atomic mass is 15.3. The summed E-state index contributed by atoms with van der Waals surface area (Å²) < 4.78 is 2.00. The quantitative estimate of drug-likeness (QED) is 0.915. The Hall–Kier alpha value is -1.81. The van der Waals surface area contributed by atoms with Gasteiger partial charge in [0.05, 0.1) is 11.7 Å². The minimum absolute atomic E-state index is 0.0338. The van der Waals surface area contributed by atoms with Crippen molar-refractivity contribution >= 4 is 5.69 Å². The normalized spacial score (nSPS) is 11.9. The molecule has 0 fully saturated rings. The van der Waals surface area contributed by atoms with Crippen molar-refractivity contribution in [2.75, 3.05) is 19.4 Å². The van der Waals surface area contributed by atoms with Gasteiger partial charge in [0.1, 0.15) is 0 Å². The van der Waals surface area contributed by atoms with Gasteiger partial charge in [0, 0.05) is 30.5 Å². The zero-order valence-corrected chi connectivity index (χ0v) is 13.7. The molecule has 21 heavy (non-hydrogen) atoms. The van der Waals surface area contributed by atoms with Crippen LogP contribution in [0.2, 0.25) is 0 Å². The predicted molar refractivity (Wildman–Crippen MR) is 88.4 cm³/mol. The molecule has 2 rings (SSSR count). The molecule has 1 aromatic carbocycles. The fraction of sp³-hybridized carbons (Fsp3) is 0.471. The topological polar surface area (TPSA) is 33.1 Å². The van der Waals surface area contributed by atoms with Crippen molar-refractivity contribution in [3.8, 4) is 0 Å². The first kappa shape index (κ1) is 15.6. The molecule has 4 nitrogen and oxygen atoms in total. The van der Waals surface area contributed by atoms with E-state index in [4.69, 9.17) is 0 Å². The Morgan fingerprint density at radius 1 is 1.10 bits per heavy atom. The second-order valence-electron chi connectivity index (χ2n) is 6.75. The molecule has 1 heterocycles. The zero-order valence-electron chi connectivity index (χ0n) is 13.7. The molecule has 0 aliphatic heterocycles. The summed E-state index contributed by atoms with van der Waals surface area (Å²) >= 11 is 0. The van der Waals surface area contributed by atoms with Crippen LogP contribution in [0.15, 0.2) is 36.7 Å². The van der Waals surface area contributed by atoms with E-state index < -0.39 is 0 Å². The number of hydrogen-bond donors (Lipinski definition) is 1. The molecule has 0 amide bonds. The maximum Gasteiger partial charge on any atom is 0.0543 e. The van der Waals surface area contributed by atoms with E-state index in [1.165, 1.54) is 11.1 Å². The minimum atomic E-state index is 0.0338. The summed E-state index contributed by atoms with van der Waals surface area (Å²) in [5.41, 5.74) is 3.70. The number of nitrogens with one attached hydrogen (secondary N) is 1. The summed E-state index contributed by atoms with van der Waals surface area (Å²) in [7, 11) is 4.16. The maximum absolute atomic E-state index is 4.42. The summed E-state index contributed by atoms with van der Waals surface area (Å²) in [4.78, 5) is 2.17. The van der Waals surface area contributed by atoms with E-state index >= 15 is 0 Å². The molecular weight excluding hydrogens is 260 g/mol. The van der Waals surface area contributed by atoms with Crippen molar-refractivity contribution in [1.29, 1.82) is 0 Å². The number of rotatable bonds is 5. The van der Waals surface area contributed by atoms with Crippen LogP contribution in [0, 0.1) is 0 Å². The molecule has 0 bridgehead atoms. The average Bonchev–Trinajstić information content (AvgIpc) is 2.86. The van der Waals surface area contributed by atoms with Gasteiger partial charge in [-0.25, -0.2) is 0 Å². The summed E-state index contributed by atoms with van der Waals surface area (Å²) in [5, 5.41) is 7.86. The molecule has 0 saturated heterocycles. The van der Waals surface area contributed by atoms with Crippen molar-refractivity contribution in [3.05, 3.63) is 47.8 Å². The summed E-state index contributed by atoms with van der Waals surface area (Å²) in [6.07, 6.45) is 4.03. The van der Waals surface area contributed by atoms with Crippen LogP contribution < -0.4 is 5.32 Å². The van der Waals surface area contributed by atoms with E-state index in [1.807, 2.05) is 10.9 Å². The largest absolute Gasteiger partial charge is 0.381 e. The Labute approximate surface area is 127 Å². The first-order valence-corrected chi connectivity index (χ1v) is 7.36. The number of anilines is 1. The van der Waals surface area contributed by atoms with Gasteiger partial charge in [0.15, 0.2) is 0 Å². The van der Waals surface area contributed by atoms with Crippen LogP contribution in [0.4, 0.5) is 5.69 Å². The Morgan fingerprint density at radius 3 is 2.29 bits per heavy atom. The van der Waals surface area contributed by atoms with E-state index in [0.717, 1.165) is 18.8 Å². The highest BCUT2D eigenvalue weighted by Crippen LogP contribution is 2.15. The van der Waals surface area contributed by atoms with E-state index in [-0.39, 0.29) is 5.54 Å². The molecule has 1 N–H and O–H groups in total. The highest BCUT2D eigenvalue weighted by molar-refractivity contribution is 5.45. The van der Waals surface area contributed by atoms with E-state index in [9.17, 15) is 0 Å². The lowest BCUT2D eigenvalue weighted by Crippen LogP contribution is -2.21. The summed E-state index contributed by atoms with van der Waals surface area (Å²) in [5.74, 6) is 0. The minimum Gasteiger partial charge on any atom is -0.381 e. The van der Waals surface area contributed by atoms with Gasteiger partial charge >= 0.3 is 0 Å². The predicted octanol–water partition coefficient (Wildman–Crippen LogP) is 3.31. The molecule has 1 aromatic heterocycles. The van der Waals surface area contributed by atoms with Gasteiger partial charge in [-0.05, 0) is 52.6 Å². The van der Waals surface area contributed by atoms with E-state index in [2.05, 4.69) is 80.6 Å². The second kappa shape index (κ2) is 6.31. The first-order valence-electron chi connectivity index (χ1n) is 7.36. The zero-order chi connectivity index (χ0) is 15.5. The van der Waals surface area contributed by atoms with E-state index in [0.29, 0.717) is 0 Å². The molecule has 0 unspecified atom stereocenters. The third-order valence-electron chi connectivity index (χ3n) is 3.27. The van der Waals surface area contributed by atoms with Gasteiger partial charge in [0.2, 0.25) is 0 Å². The van der Waals surface area contributed by atoms with Crippen LogP contribution in [0.25, 0.3) is 0 Å². The van der Waals surface area contributed by atoms with E-state index in [1.54, 1.807) is 0 Å². The number of nitrogens with zero attached hydrogens (tertiary/aromatic N) is 3. The number of benzene rings is 1. The molecule has 0 radical (unpaired) electrons. The molecule has 0 saturated carbocycles. The van der Waals surface area contributed by atoms with Gasteiger partial charge in [-0.3, -0.25) is 4.68 Å². The van der Waals surface area contributed by atoms with Gasteiger partial charge in [-0.2, -0.15) is 5.10 Å².